The molecule has 0 aliphatic heterocycles. The molecule has 0 N–H and O–H groups in total. The highest BCUT2D eigenvalue weighted by Crippen LogP contribution is 2.31. The molecule has 1 unspecified atom stereocenters. The van der Waals surface area contributed by atoms with Crippen molar-refractivity contribution in [2.45, 2.75) is 109 Å². The van der Waals surface area contributed by atoms with Crippen LogP contribution in [0.25, 0.3) is 0 Å². The van der Waals surface area contributed by atoms with Crippen molar-refractivity contribution in [3.05, 3.63) is 29.8 Å². The van der Waals surface area contributed by atoms with Gasteiger partial charge in [-0.3, -0.25) is 4.79 Å². The van der Waals surface area contributed by atoms with Crippen molar-refractivity contribution in [1.29, 1.82) is 0 Å². The predicted molar refractivity (Wildman–Crippen MR) is 111 cm³/mol. The lowest BCUT2D eigenvalue weighted by molar-refractivity contribution is -0.145. The Bertz CT molecular complexity index is 565. The van der Waals surface area contributed by atoms with E-state index in [9.17, 15) is 4.79 Å². The molecule has 150 valence electrons. The van der Waals surface area contributed by atoms with E-state index in [4.69, 9.17) is 4.74 Å². The Morgan fingerprint density at radius 2 is 1.33 bits per heavy atom. The van der Waals surface area contributed by atoms with Gasteiger partial charge in [-0.25, -0.2) is 0 Å². The highest BCUT2D eigenvalue weighted by molar-refractivity contribution is 5.81. The van der Waals surface area contributed by atoms with Gasteiger partial charge in [-0.1, -0.05) is 64.5 Å². The summed E-state index contributed by atoms with van der Waals surface area (Å²) in [5, 5.41) is 0. The smallest absolute Gasteiger partial charge is 0.263 e. The number of carbonyl (C=O) groups excluding carboxylic acids is 1. The first-order valence-corrected chi connectivity index (χ1v) is 11.1. The maximum atomic E-state index is 13.4. The fourth-order valence-electron chi connectivity index (χ4n) is 4.77. The molecule has 1 aromatic carbocycles. The third kappa shape index (κ3) is 5.27. The molecule has 27 heavy (non-hydrogen) atoms. The first-order chi connectivity index (χ1) is 13.1. The molecule has 0 heterocycles. The zero-order valence-corrected chi connectivity index (χ0v) is 17.5. The summed E-state index contributed by atoms with van der Waals surface area (Å²) in [7, 11) is 0. The molecule has 1 amide bonds. The lowest BCUT2D eigenvalue weighted by Gasteiger charge is -2.42. The van der Waals surface area contributed by atoms with Crippen LogP contribution in [0.1, 0.15) is 96.5 Å². The molecule has 3 nitrogen and oxygen atoms in total. The van der Waals surface area contributed by atoms with E-state index in [0.29, 0.717) is 18.0 Å². The van der Waals surface area contributed by atoms with Crippen molar-refractivity contribution in [2.24, 2.45) is 0 Å². The number of rotatable bonds is 6. The first kappa shape index (κ1) is 20.2. The van der Waals surface area contributed by atoms with E-state index in [0.717, 1.165) is 31.4 Å². The maximum absolute atomic E-state index is 13.4. The predicted octanol–water partition coefficient (Wildman–Crippen LogP) is 6.07. The highest BCUT2D eigenvalue weighted by atomic mass is 16.5. The number of hydrogen-bond acceptors (Lipinski definition) is 2. The molecule has 0 bridgehead atoms. The van der Waals surface area contributed by atoms with Crippen LogP contribution in [0.3, 0.4) is 0 Å². The van der Waals surface area contributed by atoms with Crippen LogP contribution in [0.4, 0.5) is 0 Å². The topological polar surface area (TPSA) is 29.5 Å². The van der Waals surface area contributed by atoms with Crippen LogP contribution >= 0.6 is 0 Å². The van der Waals surface area contributed by atoms with E-state index < -0.39 is 6.10 Å². The number of hydrogen-bond donors (Lipinski definition) is 0. The van der Waals surface area contributed by atoms with Gasteiger partial charge >= 0.3 is 0 Å². The normalized spacial score (nSPS) is 20.4. The second-order valence-corrected chi connectivity index (χ2v) is 8.81. The quantitative estimate of drug-likeness (QED) is 0.607. The van der Waals surface area contributed by atoms with Crippen LogP contribution in [0.5, 0.6) is 5.75 Å². The van der Waals surface area contributed by atoms with Gasteiger partial charge in [0.1, 0.15) is 5.75 Å². The molecule has 2 saturated carbocycles. The van der Waals surface area contributed by atoms with Crippen LogP contribution in [0, 0.1) is 0 Å². The summed E-state index contributed by atoms with van der Waals surface area (Å²) in [6.07, 6.45) is 11.9. The van der Waals surface area contributed by atoms with Crippen molar-refractivity contribution in [3.8, 4) is 5.75 Å². The van der Waals surface area contributed by atoms with Gasteiger partial charge in [0.2, 0.25) is 0 Å². The van der Waals surface area contributed by atoms with E-state index in [1.807, 2.05) is 19.1 Å². The first-order valence-electron chi connectivity index (χ1n) is 11.1. The van der Waals surface area contributed by atoms with Crippen molar-refractivity contribution < 1.29 is 9.53 Å². The number of amides is 1. The molecule has 1 aromatic rings. The van der Waals surface area contributed by atoms with Crippen molar-refractivity contribution in [1.82, 2.24) is 4.90 Å². The van der Waals surface area contributed by atoms with Gasteiger partial charge in [0, 0.05) is 12.1 Å². The monoisotopic (exact) mass is 371 g/mol. The van der Waals surface area contributed by atoms with Gasteiger partial charge in [0.15, 0.2) is 6.10 Å². The average Bonchev–Trinajstić information content (AvgIpc) is 2.70. The van der Waals surface area contributed by atoms with Gasteiger partial charge < -0.3 is 9.64 Å². The zero-order chi connectivity index (χ0) is 19.2. The van der Waals surface area contributed by atoms with Gasteiger partial charge in [-0.2, -0.15) is 0 Å². The van der Waals surface area contributed by atoms with Gasteiger partial charge in [0.25, 0.3) is 5.91 Å². The van der Waals surface area contributed by atoms with Crippen molar-refractivity contribution >= 4 is 5.91 Å². The van der Waals surface area contributed by atoms with Crippen LogP contribution < -0.4 is 4.74 Å². The average molecular weight is 372 g/mol. The Labute approximate surface area is 165 Å². The Kier molecular flexibility index (Phi) is 7.20. The van der Waals surface area contributed by atoms with Crippen LogP contribution in [-0.4, -0.2) is 29.0 Å². The molecule has 3 heteroatoms. The van der Waals surface area contributed by atoms with E-state index in [-0.39, 0.29) is 5.91 Å². The molecule has 0 spiro atoms. The van der Waals surface area contributed by atoms with E-state index >= 15 is 0 Å². The summed E-state index contributed by atoms with van der Waals surface area (Å²) >= 11 is 0. The SMILES string of the molecule is CC(Oc1ccc(C(C)C)cc1)C(=O)N(C1CCCCC1)C1CCCCC1. The summed E-state index contributed by atoms with van der Waals surface area (Å²) in [6, 6.07) is 9.07. The molecule has 2 fully saturated rings. The minimum absolute atomic E-state index is 0.196. The standard InChI is InChI=1S/C24H37NO2/c1-18(2)20-14-16-23(17-15-20)27-19(3)24(26)25(21-10-6-4-7-11-21)22-12-8-5-9-13-22/h14-19,21-22H,4-13H2,1-3H3. The Morgan fingerprint density at radius 1 is 0.852 bits per heavy atom. The molecule has 2 aliphatic rings. The fourth-order valence-corrected chi connectivity index (χ4v) is 4.77. The second-order valence-electron chi connectivity index (χ2n) is 8.81. The van der Waals surface area contributed by atoms with Gasteiger partial charge in [0.05, 0.1) is 0 Å². The highest BCUT2D eigenvalue weighted by Gasteiger charge is 2.35. The molecule has 0 aromatic heterocycles. The van der Waals surface area contributed by atoms with Crippen LogP contribution in [0.15, 0.2) is 24.3 Å². The van der Waals surface area contributed by atoms with Crippen LogP contribution in [-0.2, 0) is 4.79 Å². The third-order valence-corrected chi connectivity index (χ3v) is 6.40. The summed E-state index contributed by atoms with van der Waals surface area (Å²) in [4.78, 5) is 15.7. The van der Waals surface area contributed by atoms with Crippen molar-refractivity contribution in [3.63, 3.8) is 0 Å². The minimum Gasteiger partial charge on any atom is -0.481 e. The zero-order valence-electron chi connectivity index (χ0n) is 17.5. The molecule has 3 rings (SSSR count). The lowest BCUT2D eigenvalue weighted by atomic mass is 9.88. The van der Waals surface area contributed by atoms with E-state index in [1.165, 1.54) is 44.1 Å². The largest absolute Gasteiger partial charge is 0.481 e. The van der Waals surface area contributed by atoms with E-state index in [1.54, 1.807) is 0 Å². The van der Waals surface area contributed by atoms with Crippen molar-refractivity contribution in [2.75, 3.05) is 0 Å². The molecular weight excluding hydrogens is 334 g/mol. The number of carbonyl (C=O) groups is 1. The van der Waals surface area contributed by atoms with Gasteiger partial charge in [-0.15, -0.1) is 0 Å². The minimum atomic E-state index is -0.418. The molecular formula is C24H37NO2. The molecule has 0 saturated heterocycles. The summed E-state index contributed by atoms with van der Waals surface area (Å²) in [6.45, 7) is 6.31. The summed E-state index contributed by atoms with van der Waals surface area (Å²) in [5.41, 5.74) is 1.30. The molecule has 1 atom stereocenters. The van der Waals surface area contributed by atoms with E-state index in [2.05, 4.69) is 30.9 Å². The maximum Gasteiger partial charge on any atom is 0.263 e. The molecule has 0 radical (unpaired) electrons. The fraction of sp³-hybridized carbons (Fsp3) is 0.708. The number of nitrogens with zero attached hydrogens (tertiary/aromatic N) is 1. The second kappa shape index (κ2) is 9.61. The summed E-state index contributed by atoms with van der Waals surface area (Å²) < 4.78 is 6.08. The third-order valence-electron chi connectivity index (χ3n) is 6.40. The van der Waals surface area contributed by atoms with Crippen LogP contribution in [0.2, 0.25) is 0 Å². The van der Waals surface area contributed by atoms with Gasteiger partial charge in [-0.05, 0) is 56.2 Å². The number of benzene rings is 1. The Hall–Kier alpha value is -1.51. The summed E-state index contributed by atoms with van der Waals surface area (Å²) in [5.74, 6) is 1.50. The Balaban J connectivity index is 1.69. The molecule has 2 aliphatic carbocycles. The Morgan fingerprint density at radius 3 is 1.78 bits per heavy atom. The lowest BCUT2D eigenvalue weighted by Crippen LogP contribution is -2.52. The number of ether oxygens (including phenoxy) is 1.